The van der Waals surface area contributed by atoms with Crippen molar-refractivity contribution in [3.05, 3.63) is 6.42 Å². The minimum absolute atomic E-state index is 0.365. The fourth-order valence-corrected chi connectivity index (χ4v) is 1.61. The summed E-state index contributed by atoms with van der Waals surface area (Å²) in [6.07, 6.45) is 6.66. The van der Waals surface area contributed by atoms with E-state index in [9.17, 15) is 4.79 Å². The van der Waals surface area contributed by atoms with Crippen molar-refractivity contribution < 1.29 is 4.79 Å². The third kappa shape index (κ3) is 0.396. The lowest BCUT2D eigenvalue weighted by Crippen LogP contribution is -2.43. The molecule has 2 aliphatic carbocycles. The van der Waals surface area contributed by atoms with Gasteiger partial charge in [-0.25, -0.2) is 0 Å². The minimum Gasteiger partial charge on any atom is -0.299 e. The van der Waals surface area contributed by atoms with Crippen LogP contribution in [0.15, 0.2) is 0 Å². The van der Waals surface area contributed by atoms with Crippen molar-refractivity contribution in [2.45, 2.75) is 25.7 Å². The Labute approximate surface area is 49.1 Å². The van der Waals surface area contributed by atoms with Gasteiger partial charge in [0.1, 0.15) is 5.78 Å². The summed E-state index contributed by atoms with van der Waals surface area (Å²) in [5.41, 5.74) is 0.442. The summed E-state index contributed by atoms with van der Waals surface area (Å²) in [4.78, 5) is 10.5. The first-order valence-electron chi connectivity index (χ1n) is 3.20. The number of carbonyl (C=O) groups excluding carboxylic acids is 1. The van der Waals surface area contributed by atoms with Crippen LogP contribution in [-0.4, -0.2) is 5.78 Å². The quantitative estimate of drug-likeness (QED) is 0.458. The molecule has 0 bridgehead atoms. The lowest BCUT2D eigenvalue weighted by atomic mass is 9.56. The van der Waals surface area contributed by atoms with Crippen LogP contribution in [0.3, 0.4) is 0 Å². The van der Waals surface area contributed by atoms with E-state index in [0.717, 1.165) is 6.42 Å². The molecule has 0 N–H and O–H groups in total. The number of rotatable bonds is 0. The Kier molecular flexibility index (Phi) is 0.651. The molecule has 1 spiro atoms. The SMILES string of the molecule is O=C1[CH]C2(CCC2)C1. The van der Waals surface area contributed by atoms with Gasteiger partial charge in [-0.3, -0.25) is 4.79 Å². The van der Waals surface area contributed by atoms with E-state index in [1.165, 1.54) is 19.3 Å². The second-order valence-electron chi connectivity index (χ2n) is 3.00. The Morgan fingerprint density at radius 3 is 2.25 bits per heavy atom. The van der Waals surface area contributed by atoms with Gasteiger partial charge in [-0.2, -0.15) is 0 Å². The summed E-state index contributed by atoms with van der Waals surface area (Å²) in [7, 11) is 0. The third-order valence-electron chi connectivity index (χ3n) is 2.34. The van der Waals surface area contributed by atoms with Gasteiger partial charge in [0.25, 0.3) is 0 Å². The van der Waals surface area contributed by atoms with Crippen LogP contribution < -0.4 is 0 Å². The largest absolute Gasteiger partial charge is 0.299 e. The molecule has 0 atom stereocenters. The third-order valence-corrected chi connectivity index (χ3v) is 2.34. The smallest absolute Gasteiger partial charge is 0.137 e. The van der Waals surface area contributed by atoms with Gasteiger partial charge in [-0.1, -0.05) is 6.42 Å². The Balaban J connectivity index is 2.01. The van der Waals surface area contributed by atoms with E-state index in [1.807, 2.05) is 6.42 Å². The molecule has 0 heterocycles. The molecule has 1 nitrogen and oxygen atoms in total. The van der Waals surface area contributed by atoms with Crippen molar-refractivity contribution >= 4 is 5.78 Å². The van der Waals surface area contributed by atoms with Crippen LogP contribution in [0.2, 0.25) is 0 Å². The van der Waals surface area contributed by atoms with Crippen LogP contribution in [0.25, 0.3) is 0 Å². The monoisotopic (exact) mass is 109 g/mol. The van der Waals surface area contributed by atoms with Gasteiger partial charge in [0.2, 0.25) is 0 Å². The van der Waals surface area contributed by atoms with Crippen LogP contribution in [0.4, 0.5) is 0 Å². The molecule has 0 aromatic rings. The summed E-state index contributed by atoms with van der Waals surface area (Å²) in [5, 5.41) is 0. The van der Waals surface area contributed by atoms with Crippen LogP contribution >= 0.6 is 0 Å². The van der Waals surface area contributed by atoms with E-state index >= 15 is 0 Å². The number of ketones is 1. The van der Waals surface area contributed by atoms with Crippen LogP contribution in [0.1, 0.15) is 25.7 Å². The molecule has 0 aromatic heterocycles. The van der Waals surface area contributed by atoms with E-state index in [0.29, 0.717) is 11.2 Å². The normalized spacial score (nSPS) is 31.8. The fraction of sp³-hybridized carbons (Fsp3) is 0.714. The molecule has 43 valence electrons. The molecule has 2 saturated carbocycles. The van der Waals surface area contributed by atoms with Crippen molar-refractivity contribution in [3.63, 3.8) is 0 Å². The molecule has 0 saturated heterocycles. The molecule has 1 heteroatoms. The summed E-state index contributed by atoms with van der Waals surface area (Å²) in [6, 6.07) is 0. The number of Topliss-reactive ketones (excluding diaryl/α,β-unsaturated/α-hetero) is 1. The predicted octanol–water partition coefficient (Wildman–Crippen LogP) is 1.33. The van der Waals surface area contributed by atoms with Crippen molar-refractivity contribution in [3.8, 4) is 0 Å². The van der Waals surface area contributed by atoms with E-state index in [2.05, 4.69) is 0 Å². The van der Waals surface area contributed by atoms with Crippen molar-refractivity contribution in [2.24, 2.45) is 5.41 Å². The summed E-state index contributed by atoms with van der Waals surface area (Å²) >= 11 is 0. The summed E-state index contributed by atoms with van der Waals surface area (Å²) in [6.45, 7) is 0. The maximum atomic E-state index is 10.5. The molecular formula is C7H9O. The lowest BCUT2D eigenvalue weighted by molar-refractivity contribution is -0.128. The highest BCUT2D eigenvalue weighted by molar-refractivity contribution is 5.95. The Morgan fingerprint density at radius 2 is 2.12 bits per heavy atom. The van der Waals surface area contributed by atoms with Gasteiger partial charge in [0.15, 0.2) is 0 Å². The number of hydrogen-bond acceptors (Lipinski definition) is 1. The van der Waals surface area contributed by atoms with Gasteiger partial charge in [-0.05, 0) is 18.3 Å². The molecule has 8 heavy (non-hydrogen) atoms. The molecule has 2 rings (SSSR count). The highest BCUT2D eigenvalue weighted by Gasteiger charge is 2.47. The van der Waals surface area contributed by atoms with Crippen LogP contribution in [0.5, 0.6) is 0 Å². The highest BCUT2D eigenvalue weighted by atomic mass is 16.1. The molecule has 0 aliphatic heterocycles. The second-order valence-corrected chi connectivity index (χ2v) is 3.00. The zero-order valence-corrected chi connectivity index (χ0v) is 4.81. The molecule has 2 aliphatic rings. The first-order chi connectivity index (χ1) is 3.81. The first kappa shape index (κ1) is 4.54. The molecular weight excluding hydrogens is 100 g/mol. The second kappa shape index (κ2) is 1.15. The number of hydrogen-bond donors (Lipinski definition) is 0. The van der Waals surface area contributed by atoms with Gasteiger partial charge >= 0.3 is 0 Å². The zero-order valence-electron chi connectivity index (χ0n) is 4.81. The van der Waals surface area contributed by atoms with Crippen LogP contribution in [0, 0.1) is 11.8 Å². The summed E-state index contributed by atoms with van der Waals surface area (Å²) < 4.78 is 0. The van der Waals surface area contributed by atoms with E-state index in [-0.39, 0.29) is 0 Å². The van der Waals surface area contributed by atoms with Gasteiger partial charge in [0.05, 0.1) is 0 Å². The predicted molar refractivity (Wildman–Crippen MR) is 30.2 cm³/mol. The van der Waals surface area contributed by atoms with Crippen LogP contribution in [-0.2, 0) is 4.79 Å². The maximum absolute atomic E-state index is 10.5. The Hall–Kier alpha value is -0.330. The van der Waals surface area contributed by atoms with Gasteiger partial charge < -0.3 is 0 Å². The standard InChI is InChI=1S/C7H9O/c8-6-4-7(5-6)2-1-3-7/h4H,1-3,5H2. The minimum atomic E-state index is 0.365. The molecule has 0 unspecified atom stereocenters. The average Bonchev–Trinajstić information content (AvgIpc) is 1.51. The van der Waals surface area contributed by atoms with Gasteiger partial charge in [-0.15, -0.1) is 0 Å². The Bertz CT molecular complexity index is 123. The van der Waals surface area contributed by atoms with E-state index in [4.69, 9.17) is 0 Å². The first-order valence-corrected chi connectivity index (χ1v) is 3.20. The van der Waals surface area contributed by atoms with E-state index < -0.39 is 0 Å². The Morgan fingerprint density at radius 1 is 1.50 bits per heavy atom. The average molecular weight is 109 g/mol. The number of carbonyl (C=O) groups is 1. The van der Waals surface area contributed by atoms with Gasteiger partial charge in [0, 0.05) is 12.8 Å². The molecule has 1 radical (unpaired) electrons. The fourth-order valence-electron chi connectivity index (χ4n) is 1.61. The maximum Gasteiger partial charge on any atom is 0.137 e. The van der Waals surface area contributed by atoms with Crippen molar-refractivity contribution in [1.82, 2.24) is 0 Å². The van der Waals surface area contributed by atoms with Crippen molar-refractivity contribution in [2.75, 3.05) is 0 Å². The molecule has 0 amide bonds. The van der Waals surface area contributed by atoms with Crippen molar-refractivity contribution in [1.29, 1.82) is 0 Å². The topological polar surface area (TPSA) is 17.1 Å². The van der Waals surface area contributed by atoms with E-state index in [1.54, 1.807) is 0 Å². The highest BCUT2D eigenvalue weighted by Crippen LogP contribution is 2.52. The lowest BCUT2D eigenvalue weighted by Gasteiger charge is -2.47. The zero-order chi connectivity index (χ0) is 5.61. The molecule has 0 aromatic carbocycles. The summed E-state index contributed by atoms with van der Waals surface area (Å²) in [5.74, 6) is 0.365. The molecule has 2 fully saturated rings.